The Bertz CT molecular complexity index is 1470. The van der Waals surface area contributed by atoms with Crippen LogP contribution in [-0.2, 0) is 16.3 Å². The standard InChI is InChI=1S/C32H39Cl2F4N2O.CH4O3S/c1-39(30(41)23-8-10-29(35)26(19-23)32(36,37)38)21-24(22-7-9-27(33)28(34)20-22)11-15-40-16-12-31(13-17-40,14-18-40)25-5-3-2-4-6-25;1-5(2,3)4/h7-10,19-20,24-25H,2-6,11-18,21H2,1H3;1H3,(H,2,3,4)/q+1;/p-1. The Morgan fingerprint density at radius 2 is 1.61 bits per heavy atom. The lowest BCUT2D eigenvalue weighted by atomic mass is 9.59. The van der Waals surface area contributed by atoms with Gasteiger partial charge in [0.1, 0.15) is 5.82 Å². The van der Waals surface area contributed by atoms with Gasteiger partial charge >= 0.3 is 6.18 Å². The number of benzene rings is 2. The van der Waals surface area contributed by atoms with Crippen LogP contribution in [0.15, 0.2) is 36.4 Å². The third-order valence-electron chi connectivity index (χ3n) is 10.4. The van der Waals surface area contributed by atoms with Crippen molar-refractivity contribution in [2.75, 3.05) is 46.0 Å². The zero-order chi connectivity index (χ0) is 33.9. The maximum Gasteiger partial charge on any atom is 0.419 e. The Morgan fingerprint density at radius 1 is 1.02 bits per heavy atom. The molecule has 1 atom stereocenters. The van der Waals surface area contributed by atoms with Gasteiger partial charge in [-0.05, 0) is 60.1 Å². The molecule has 1 unspecified atom stereocenters. The first-order chi connectivity index (χ1) is 21.4. The van der Waals surface area contributed by atoms with Gasteiger partial charge in [0.05, 0.1) is 51.9 Å². The van der Waals surface area contributed by atoms with Crippen molar-refractivity contribution in [2.45, 2.75) is 69.9 Å². The summed E-state index contributed by atoms with van der Waals surface area (Å²) in [5.41, 5.74) is -0.159. The largest absolute Gasteiger partial charge is 0.748 e. The van der Waals surface area contributed by atoms with E-state index >= 15 is 0 Å². The van der Waals surface area contributed by atoms with Gasteiger partial charge in [-0.2, -0.15) is 13.2 Å². The van der Waals surface area contributed by atoms with Gasteiger partial charge < -0.3 is 13.9 Å². The number of rotatable bonds is 8. The summed E-state index contributed by atoms with van der Waals surface area (Å²) in [7, 11) is -2.34. The minimum absolute atomic E-state index is 0.0827. The molecule has 46 heavy (non-hydrogen) atoms. The van der Waals surface area contributed by atoms with E-state index < -0.39 is 33.6 Å². The first-order valence-corrected chi connectivity index (χ1v) is 18.3. The predicted molar refractivity (Wildman–Crippen MR) is 170 cm³/mol. The second kappa shape index (κ2) is 14.7. The second-order valence-electron chi connectivity index (χ2n) is 13.4. The number of carbonyl (C=O) groups is 1. The fourth-order valence-corrected chi connectivity index (χ4v) is 8.13. The quantitative estimate of drug-likeness (QED) is 0.158. The topological polar surface area (TPSA) is 77.5 Å². The zero-order valence-electron chi connectivity index (χ0n) is 26.2. The lowest BCUT2D eigenvalue weighted by molar-refractivity contribution is -0.946. The van der Waals surface area contributed by atoms with Gasteiger partial charge in [0.15, 0.2) is 0 Å². The molecule has 6 nitrogen and oxygen atoms in total. The lowest BCUT2D eigenvalue weighted by Gasteiger charge is -2.58. The van der Waals surface area contributed by atoms with Crippen molar-refractivity contribution in [1.82, 2.24) is 4.90 Å². The van der Waals surface area contributed by atoms with Crippen molar-refractivity contribution in [3.8, 4) is 0 Å². The number of hydrogen-bond donors (Lipinski definition) is 0. The van der Waals surface area contributed by atoms with Crippen LogP contribution >= 0.6 is 23.2 Å². The SMILES string of the molecule is CN(CC(CC[N+]12CCC(C3CCCCC3)(CC1)CC2)c1ccc(Cl)c(Cl)c1)C(=O)c1ccc(F)c(C(F)(F)F)c1.CS(=O)(=O)[O-]. The van der Waals surface area contributed by atoms with E-state index in [1.54, 1.807) is 13.1 Å². The molecule has 1 aliphatic carbocycles. The number of carbonyl (C=O) groups excluding carboxylic acids is 1. The zero-order valence-corrected chi connectivity index (χ0v) is 28.6. The van der Waals surface area contributed by atoms with Crippen molar-refractivity contribution in [1.29, 1.82) is 0 Å². The first-order valence-electron chi connectivity index (χ1n) is 15.7. The molecule has 3 saturated heterocycles. The van der Waals surface area contributed by atoms with E-state index in [9.17, 15) is 22.4 Å². The number of quaternary nitrogens is 1. The van der Waals surface area contributed by atoms with Crippen LogP contribution < -0.4 is 0 Å². The molecule has 0 radical (unpaired) electrons. The normalized spacial score (nSPS) is 24.2. The number of nitrogens with zero attached hydrogens (tertiary/aromatic N) is 2. The molecule has 0 aromatic heterocycles. The molecule has 6 rings (SSSR count). The predicted octanol–water partition coefficient (Wildman–Crippen LogP) is 8.14. The van der Waals surface area contributed by atoms with Gasteiger partial charge in [-0.3, -0.25) is 4.79 Å². The van der Waals surface area contributed by atoms with E-state index in [4.69, 9.17) is 36.2 Å². The fourth-order valence-electron chi connectivity index (χ4n) is 7.82. The summed E-state index contributed by atoms with van der Waals surface area (Å²) < 4.78 is 82.0. The van der Waals surface area contributed by atoms with Crippen LogP contribution in [0.4, 0.5) is 17.6 Å². The monoisotopic (exact) mass is 708 g/mol. The minimum atomic E-state index is -4.88. The summed E-state index contributed by atoms with van der Waals surface area (Å²) >= 11 is 12.6. The van der Waals surface area contributed by atoms with E-state index in [-0.39, 0.29) is 11.5 Å². The summed E-state index contributed by atoms with van der Waals surface area (Å²) in [6.45, 7) is 4.84. The van der Waals surface area contributed by atoms with E-state index in [0.717, 1.165) is 35.0 Å². The second-order valence-corrected chi connectivity index (χ2v) is 15.6. The van der Waals surface area contributed by atoms with Gasteiger partial charge in [0.25, 0.3) is 5.91 Å². The van der Waals surface area contributed by atoms with Crippen LogP contribution in [0.3, 0.4) is 0 Å². The number of likely N-dealkylation sites (N-methyl/N-ethyl adjacent to an activating group) is 1. The molecule has 0 spiro atoms. The van der Waals surface area contributed by atoms with E-state index in [0.29, 0.717) is 40.4 Å². The molecular weight excluding hydrogens is 667 g/mol. The third-order valence-corrected chi connectivity index (χ3v) is 11.2. The van der Waals surface area contributed by atoms with Crippen LogP contribution in [-0.4, -0.2) is 74.3 Å². The molecule has 1 saturated carbocycles. The molecule has 1 amide bonds. The van der Waals surface area contributed by atoms with Crippen molar-refractivity contribution >= 4 is 39.2 Å². The van der Waals surface area contributed by atoms with Crippen LogP contribution in [0.25, 0.3) is 0 Å². The van der Waals surface area contributed by atoms with Crippen molar-refractivity contribution in [3.63, 3.8) is 0 Å². The Labute approximate surface area is 279 Å². The molecule has 3 aliphatic heterocycles. The molecule has 4 aliphatic rings. The molecular formula is C33H42Cl2F4N2O4S. The van der Waals surface area contributed by atoms with Crippen LogP contribution in [0.2, 0.25) is 10.0 Å². The fraction of sp³-hybridized carbons (Fsp3) is 0.606. The van der Waals surface area contributed by atoms with Gasteiger partial charge in [0.2, 0.25) is 0 Å². The third kappa shape index (κ3) is 9.36. The summed E-state index contributed by atoms with van der Waals surface area (Å²) in [5, 5.41) is 0.870. The van der Waals surface area contributed by atoms with Gasteiger partial charge in [-0.1, -0.05) is 48.5 Å². The number of hydrogen-bond acceptors (Lipinski definition) is 4. The molecule has 2 aromatic carbocycles. The Balaban J connectivity index is 0.000000892. The smallest absolute Gasteiger partial charge is 0.419 e. The van der Waals surface area contributed by atoms with Crippen LogP contribution in [0.5, 0.6) is 0 Å². The average molecular weight is 710 g/mol. The lowest BCUT2D eigenvalue weighted by Crippen LogP contribution is -2.63. The Kier molecular flexibility index (Phi) is 11.8. The van der Waals surface area contributed by atoms with E-state index in [2.05, 4.69) is 0 Å². The van der Waals surface area contributed by atoms with Gasteiger partial charge in [0, 0.05) is 57.0 Å². The van der Waals surface area contributed by atoms with E-state index in [1.807, 2.05) is 12.1 Å². The highest BCUT2D eigenvalue weighted by atomic mass is 35.5. The highest BCUT2D eigenvalue weighted by molar-refractivity contribution is 7.84. The molecule has 4 fully saturated rings. The number of amides is 1. The maximum atomic E-state index is 13.8. The number of halogens is 6. The molecule has 256 valence electrons. The Morgan fingerprint density at radius 3 is 2.15 bits per heavy atom. The summed E-state index contributed by atoms with van der Waals surface area (Å²) in [6.07, 6.45) is 7.31. The molecule has 13 heteroatoms. The maximum absolute atomic E-state index is 13.8. The average Bonchev–Trinajstić information content (AvgIpc) is 3.00. The Hall–Kier alpha value is -1.92. The summed E-state index contributed by atoms with van der Waals surface area (Å²) in [4.78, 5) is 14.7. The first kappa shape index (κ1) is 36.9. The van der Waals surface area contributed by atoms with Crippen molar-refractivity contribution in [2.24, 2.45) is 11.3 Å². The van der Waals surface area contributed by atoms with Gasteiger partial charge in [-0.15, -0.1) is 0 Å². The number of fused-ring (bicyclic) bond motifs is 3. The number of piperidine rings is 3. The van der Waals surface area contributed by atoms with Crippen molar-refractivity contribution < 1.29 is 39.8 Å². The van der Waals surface area contributed by atoms with E-state index in [1.165, 1.54) is 75.9 Å². The minimum Gasteiger partial charge on any atom is -0.748 e. The van der Waals surface area contributed by atoms with Crippen LogP contribution in [0.1, 0.15) is 85.2 Å². The number of alkyl halides is 3. The highest BCUT2D eigenvalue weighted by Gasteiger charge is 2.52. The molecule has 2 aromatic rings. The molecule has 3 heterocycles. The van der Waals surface area contributed by atoms with Crippen molar-refractivity contribution in [3.05, 3.63) is 69.0 Å². The molecule has 2 bridgehead atoms. The van der Waals surface area contributed by atoms with Gasteiger partial charge in [-0.25, -0.2) is 12.8 Å². The van der Waals surface area contributed by atoms with Crippen LogP contribution in [0, 0.1) is 17.2 Å². The highest BCUT2D eigenvalue weighted by Crippen LogP contribution is 2.53. The molecule has 0 N–H and O–H groups in total. The summed E-state index contributed by atoms with van der Waals surface area (Å²) in [5.74, 6) is -1.18. The summed E-state index contributed by atoms with van der Waals surface area (Å²) in [6, 6.07) is 7.90.